The minimum atomic E-state index is 0.0390. The molecule has 3 rings (SSSR count). The summed E-state index contributed by atoms with van der Waals surface area (Å²) in [5, 5.41) is 25.9. The van der Waals surface area contributed by atoms with Crippen LogP contribution in [0.5, 0.6) is 11.5 Å². The van der Waals surface area contributed by atoms with Crippen LogP contribution in [0.25, 0.3) is 21.8 Å². The van der Waals surface area contributed by atoms with Crippen molar-refractivity contribution in [3.63, 3.8) is 0 Å². The molecule has 2 heterocycles. The number of aromatic hydroxyl groups is 2. The number of thiazole rings is 1. The van der Waals surface area contributed by atoms with E-state index in [4.69, 9.17) is 0 Å². The van der Waals surface area contributed by atoms with Crippen LogP contribution in [0.1, 0.15) is 0 Å². The standard InChI is InChI=1S/C13H9NO2S2/c15-9-1-2-10(12(16)5-9)11-7-18-13(14-11)8-3-4-17-6-8/h1-7,15-16H. The highest BCUT2D eigenvalue weighted by Gasteiger charge is 2.10. The molecule has 0 amide bonds. The van der Waals surface area contributed by atoms with E-state index in [0.717, 1.165) is 16.3 Å². The number of phenols is 2. The molecule has 5 heteroatoms. The first kappa shape index (κ1) is 11.3. The van der Waals surface area contributed by atoms with Gasteiger partial charge in [-0.15, -0.1) is 11.3 Å². The van der Waals surface area contributed by atoms with Crippen molar-refractivity contribution in [1.29, 1.82) is 0 Å². The predicted molar refractivity (Wildman–Crippen MR) is 74.2 cm³/mol. The van der Waals surface area contributed by atoms with Gasteiger partial charge in [0.1, 0.15) is 16.5 Å². The fourth-order valence-electron chi connectivity index (χ4n) is 1.65. The summed E-state index contributed by atoms with van der Waals surface area (Å²) in [6.45, 7) is 0. The van der Waals surface area contributed by atoms with Gasteiger partial charge in [-0.05, 0) is 23.6 Å². The average Bonchev–Trinajstić information content (AvgIpc) is 2.99. The van der Waals surface area contributed by atoms with Crippen molar-refractivity contribution >= 4 is 22.7 Å². The highest BCUT2D eigenvalue weighted by atomic mass is 32.1. The van der Waals surface area contributed by atoms with Gasteiger partial charge in [-0.25, -0.2) is 4.98 Å². The zero-order chi connectivity index (χ0) is 12.5. The predicted octanol–water partition coefficient (Wildman–Crippen LogP) is 3.95. The lowest BCUT2D eigenvalue weighted by molar-refractivity contribution is 0.452. The SMILES string of the molecule is Oc1ccc(-c2csc(-c3ccsc3)n2)c(O)c1. The number of nitrogens with zero attached hydrogens (tertiary/aromatic N) is 1. The fraction of sp³-hybridized carbons (Fsp3) is 0. The Morgan fingerprint density at radius 2 is 1.94 bits per heavy atom. The number of aromatic nitrogens is 1. The molecule has 18 heavy (non-hydrogen) atoms. The number of rotatable bonds is 2. The Kier molecular flexibility index (Phi) is 2.77. The Hall–Kier alpha value is -1.85. The summed E-state index contributed by atoms with van der Waals surface area (Å²) in [7, 11) is 0. The van der Waals surface area contributed by atoms with E-state index >= 15 is 0 Å². The maximum Gasteiger partial charge on any atom is 0.128 e. The van der Waals surface area contributed by atoms with Crippen LogP contribution in [0.3, 0.4) is 0 Å². The van der Waals surface area contributed by atoms with Crippen LogP contribution in [-0.4, -0.2) is 15.2 Å². The lowest BCUT2D eigenvalue weighted by Crippen LogP contribution is -1.79. The summed E-state index contributed by atoms with van der Waals surface area (Å²) in [5.74, 6) is 0.0849. The first-order chi connectivity index (χ1) is 8.74. The molecule has 2 N–H and O–H groups in total. The van der Waals surface area contributed by atoms with Gasteiger partial charge in [0, 0.05) is 28.0 Å². The summed E-state index contributed by atoms with van der Waals surface area (Å²) in [5.41, 5.74) is 2.44. The fourth-order valence-corrected chi connectivity index (χ4v) is 3.19. The molecule has 0 unspecified atom stereocenters. The summed E-state index contributed by atoms with van der Waals surface area (Å²) >= 11 is 3.17. The Labute approximate surface area is 112 Å². The third kappa shape index (κ3) is 1.98. The van der Waals surface area contributed by atoms with Crippen LogP contribution >= 0.6 is 22.7 Å². The molecular formula is C13H9NO2S2. The van der Waals surface area contributed by atoms with Gasteiger partial charge in [0.25, 0.3) is 0 Å². The van der Waals surface area contributed by atoms with Crippen molar-refractivity contribution in [2.45, 2.75) is 0 Å². The third-order valence-corrected chi connectivity index (χ3v) is 4.10. The lowest BCUT2D eigenvalue weighted by Gasteiger charge is -2.01. The minimum Gasteiger partial charge on any atom is -0.508 e. The molecular weight excluding hydrogens is 266 g/mol. The molecule has 0 radical (unpaired) electrons. The Morgan fingerprint density at radius 3 is 2.67 bits per heavy atom. The van der Waals surface area contributed by atoms with E-state index in [2.05, 4.69) is 4.98 Å². The number of hydrogen-bond donors (Lipinski definition) is 2. The minimum absolute atomic E-state index is 0.0390. The number of benzene rings is 1. The van der Waals surface area contributed by atoms with Crippen LogP contribution in [0.4, 0.5) is 0 Å². The lowest BCUT2D eigenvalue weighted by atomic mass is 10.1. The largest absolute Gasteiger partial charge is 0.508 e. The van der Waals surface area contributed by atoms with E-state index in [0.29, 0.717) is 5.56 Å². The van der Waals surface area contributed by atoms with Gasteiger partial charge in [0.05, 0.1) is 5.69 Å². The third-order valence-electron chi connectivity index (χ3n) is 2.53. The molecule has 0 fully saturated rings. The highest BCUT2D eigenvalue weighted by Crippen LogP contribution is 2.35. The van der Waals surface area contributed by atoms with Gasteiger partial charge in [0.15, 0.2) is 0 Å². The number of phenolic OH excluding ortho intramolecular Hbond substituents is 2. The van der Waals surface area contributed by atoms with Crippen molar-refractivity contribution < 1.29 is 10.2 Å². The van der Waals surface area contributed by atoms with E-state index in [9.17, 15) is 10.2 Å². The van der Waals surface area contributed by atoms with Crippen molar-refractivity contribution in [1.82, 2.24) is 4.98 Å². The van der Waals surface area contributed by atoms with Crippen molar-refractivity contribution in [3.8, 4) is 33.3 Å². The molecule has 0 spiro atoms. The first-order valence-corrected chi connectivity index (χ1v) is 7.07. The van der Waals surface area contributed by atoms with Crippen molar-refractivity contribution in [2.75, 3.05) is 0 Å². The van der Waals surface area contributed by atoms with E-state index in [-0.39, 0.29) is 11.5 Å². The first-order valence-electron chi connectivity index (χ1n) is 5.24. The maximum atomic E-state index is 9.79. The molecule has 2 aromatic heterocycles. The van der Waals surface area contributed by atoms with Gasteiger partial charge >= 0.3 is 0 Å². The second kappa shape index (κ2) is 4.44. The summed E-state index contributed by atoms with van der Waals surface area (Å²) < 4.78 is 0. The second-order valence-electron chi connectivity index (χ2n) is 3.75. The molecule has 90 valence electrons. The summed E-state index contributed by atoms with van der Waals surface area (Å²) in [6, 6.07) is 6.54. The average molecular weight is 275 g/mol. The Morgan fingerprint density at radius 1 is 1.06 bits per heavy atom. The topological polar surface area (TPSA) is 53.4 Å². The molecule has 0 bridgehead atoms. The van der Waals surface area contributed by atoms with E-state index < -0.39 is 0 Å². The number of thiophene rings is 1. The summed E-state index contributed by atoms with van der Waals surface area (Å²) in [6.07, 6.45) is 0. The molecule has 0 aliphatic rings. The van der Waals surface area contributed by atoms with E-state index in [1.54, 1.807) is 23.5 Å². The number of hydrogen-bond acceptors (Lipinski definition) is 5. The highest BCUT2D eigenvalue weighted by molar-refractivity contribution is 7.14. The maximum absolute atomic E-state index is 9.79. The van der Waals surface area contributed by atoms with Crippen LogP contribution < -0.4 is 0 Å². The van der Waals surface area contributed by atoms with E-state index in [1.807, 2.05) is 22.2 Å². The normalized spacial score (nSPS) is 10.7. The van der Waals surface area contributed by atoms with Crippen molar-refractivity contribution in [2.24, 2.45) is 0 Å². The molecule has 1 aromatic carbocycles. The van der Waals surface area contributed by atoms with Gasteiger partial charge in [-0.1, -0.05) is 0 Å². The second-order valence-corrected chi connectivity index (χ2v) is 5.39. The smallest absolute Gasteiger partial charge is 0.128 e. The quantitative estimate of drug-likeness (QED) is 0.744. The van der Waals surface area contributed by atoms with Gasteiger partial charge in [-0.3, -0.25) is 0 Å². The molecule has 0 saturated carbocycles. The van der Waals surface area contributed by atoms with Gasteiger partial charge < -0.3 is 10.2 Å². The molecule has 0 aliphatic heterocycles. The monoisotopic (exact) mass is 275 g/mol. The zero-order valence-electron chi connectivity index (χ0n) is 9.20. The Balaban J connectivity index is 2.03. The molecule has 0 saturated heterocycles. The van der Waals surface area contributed by atoms with Gasteiger partial charge in [0.2, 0.25) is 0 Å². The Bertz CT molecular complexity index is 674. The molecule has 0 atom stereocenters. The van der Waals surface area contributed by atoms with Crippen LogP contribution in [0, 0.1) is 0 Å². The van der Waals surface area contributed by atoms with Crippen LogP contribution in [-0.2, 0) is 0 Å². The van der Waals surface area contributed by atoms with E-state index in [1.165, 1.54) is 17.4 Å². The molecule has 3 aromatic rings. The molecule has 3 nitrogen and oxygen atoms in total. The molecule has 0 aliphatic carbocycles. The zero-order valence-corrected chi connectivity index (χ0v) is 10.8. The van der Waals surface area contributed by atoms with Crippen molar-refractivity contribution in [3.05, 3.63) is 40.4 Å². The van der Waals surface area contributed by atoms with Gasteiger partial charge in [-0.2, -0.15) is 11.3 Å². The van der Waals surface area contributed by atoms with Crippen LogP contribution in [0.15, 0.2) is 40.4 Å². The summed E-state index contributed by atoms with van der Waals surface area (Å²) in [4.78, 5) is 4.50. The van der Waals surface area contributed by atoms with Crippen LogP contribution in [0.2, 0.25) is 0 Å².